The summed E-state index contributed by atoms with van der Waals surface area (Å²) in [5, 5.41) is 14.3. The fraction of sp³-hybridized carbons (Fsp3) is 0.294. The maximum absolute atomic E-state index is 13.7. The highest BCUT2D eigenvalue weighted by molar-refractivity contribution is 5.64. The number of benzene rings is 2. The molecule has 0 aromatic heterocycles. The molecule has 2 aromatic rings. The molecule has 1 aliphatic heterocycles. The van der Waals surface area contributed by atoms with E-state index in [2.05, 4.69) is 5.32 Å². The first-order valence-corrected chi connectivity index (χ1v) is 7.75. The molecule has 0 amide bonds. The van der Waals surface area contributed by atoms with E-state index in [9.17, 15) is 18.9 Å². The van der Waals surface area contributed by atoms with Crippen LogP contribution in [0.25, 0.3) is 0 Å². The molecule has 1 saturated heterocycles. The van der Waals surface area contributed by atoms with E-state index in [1.807, 2.05) is 0 Å². The maximum Gasteiger partial charge on any atom is 0.327 e. The Morgan fingerprint density at radius 2 is 1.71 bits per heavy atom. The van der Waals surface area contributed by atoms with Crippen LogP contribution in [0.1, 0.15) is 12.8 Å². The Morgan fingerprint density at radius 3 is 2.38 bits per heavy atom. The predicted molar refractivity (Wildman–Crippen MR) is 88.3 cm³/mol. The van der Waals surface area contributed by atoms with E-state index in [4.69, 9.17) is 0 Å². The zero-order valence-electron chi connectivity index (χ0n) is 12.9. The molecule has 0 atom stereocenters. The van der Waals surface area contributed by atoms with Gasteiger partial charge in [-0.15, -0.1) is 0 Å². The van der Waals surface area contributed by atoms with Crippen molar-refractivity contribution in [3.8, 4) is 0 Å². The first-order valence-electron chi connectivity index (χ1n) is 7.75. The summed E-state index contributed by atoms with van der Waals surface area (Å²) in [6, 6.07) is 10.7. The molecule has 5 nitrogen and oxygen atoms in total. The number of para-hydroxylation sites is 2. The lowest BCUT2D eigenvalue weighted by Crippen LogP contribution is -2.39. The lowest BCUT2D eigenvalue weighted by molar-refractivity contribution is -0.386. The summed E-state index contributed by atoms with van der Waals surface area (Å²) >= 11 is 0. The van der Waals surface area contributed by atoms with Gasteiger partial charge >= 0.3 is 5.69 Å². The molecule has 0 radical (unpaired) electrons. The van der Waals surface area contributed by atoms with Crippen molar-refractivity contribution in [2.45, 2.75) is 18.9 Å². The van der Waals surface area contributed by atoms with E-state index < -0.39 is 16.4 Å². The topological polar surface area (TPSA) is 58.4 Å². The zero-order valence-corrected chi connectivity index (χ0v) is 12.9. The third kappa shape index (κ3) is 3.29. The summed E-state index contributed by atoms with van der Waals surface area (Å²) < 4.78 is 27.4. The highest BCUT2D eigenvalue weighted by Gasteiger charge is 2.27. The molecule has 1 aliphatic rings. The van der Waals surface area contributed by atoms with Gasteiger partial charge in [0, 0.05) is 19.1 Å². The largest absolute Gasteiger partial charge is 0.380 e. The molecule has 1 fully saturated rings. The van der Waals surface area contributed by atoms with Crippen molar-refractivity contribution in [1.82, 2.24) is 0 Å². The van der Waals surface area contributed by atoms with Gasteiger partial charge in [0.1, 0.15) is 11.5 Å². The third-order valence-corrected chi connectivity index (χ3v) is 4.22. The van der Waals surface area contributed by atoms with Crippen LogP contribution in [0, 0.1) is 21.7 Å². The highest BCUT2D eigenvalue weighted by Crippen LogP contribution is 2.33. The average Bonchev–Trinajstić information content (AvgIpc) is 2.57. The van der Waals surface area contributed by atoms with Crippen LogP contribution in [0.4, 0.5) is 25.8 Å². The van der Waals surface area contributed by atoms with Gasteiger partial charge in [0.05, 0.1) is 10.6 Å². The highest BCUT2D eigenvalue weighted by atomic mass is 19.1. The van der Waals surface area contributed by atoms with Gasteiger partial charge in [-0.1, -0.05) is 18.2 Å². The Labute approximate surface area is 138 Å². The van der Waals surface area contributed by atoms with Gasteiger partial charge < -0.3 is 10.2 Å². The quantitative estimate of drug-likeness (QED) is 0.680. The monoisotopic (exact) mass is 333 g/mol. The van der Waals surface area contributed by atoms with Gasteiger partial charge in [0.25, 0.3) is 0 Å². The van der Waals surface area contributed by atoms with E-state index in [-0.39, 0.29) is 11.9 Å². The smallest absolute Gasteiger partial charge is 0.327 e. The molecule has 7 heteroatoms. The van der Waals surface area contributed by atoms with E-state index in [0.717, 1.165) is 6.07 Å². The molecule has 3 rings (SSSR count). The number of nitrogens with one attached hydrogen (secondary N) is 1. The third-order valence-electron chi connectivity index (χ3n) is 4.22. The molecule has 24 heavy (non-hydrogen) atoms. The fourth-order valence-corrected chi connectivity index (χ4v) is 3.00. The van der Waals surface area contributed by atoms with Crippen molar-refractivity contribution in [1.29, 1.82) is 0 Å². The Bertz CT molecular complexity index is 746. The maximum atomic E-state index is 13.7. The Hall–Kier alpha value is -2.70. The number of nitro benzene ring substituents is 1. The molecule has 0 unspecified atom stereocenters. The number of nitrogens with zero attached hydrogens (tertiary/aromatic N) is 2. The number of hydrogen-bond acceptors (Lipinski definition) is 4. The van der Waals surface area contributed by atoms with Crippen molar-refractivity contribution in [3.05, 3.63) is 64.2 Å². The number of halogens is 2. The van der Waals surface area contributed by atoms with Crippen molar-refractivity contribution in [3.63, 3.8) is 0 Å². The minimum absolute atomic E-state index is 0.0748. The summed E-state index contributed by atoms with van der Waals surface area (Å²) in [7, 11) is 0. The molecule has 2 aromatic carbocycles. The van der Waals surface area contributed by atoms with E-state index in [0.29, 0.717) is 37.3 Å². The second kappa shape index (κ2) is 6.82. The fourth-order valence-electron chi connectivity index (χ4n) is 3.00. The average molecular weight is 333 g/mol. The molecular formula is C17H17F2N3O2. The van der Waals surface area contributed by atoms with Crippen LogP contribution in [0.5, 0.6) is 0 Å². The van der Waals surface area contributed by atoms with E-state index in [1.165, 1.54) is 12.1 Å². The second-order valence-electron chi connectivity index (χ2n) is 5.75. The molecule has 0 saturated carbocycles. The molecule has 0 aliphatic carbocycles. The standard InChI is InChI=1S/C17H17F2N3O2/c18-13-4-1-2-6-15(13)20-12-8-10-21(11-9-12)16-7-3-5-14(19)17(16)22(23)24/h1-7,12,20H,8-11H2. The number of anilines is 2. The van der Waals surface area contributed by atoms with Gasteiger partial charge in [0.2, 0.25) is 5.82 Å². The molecule has 1 N–H and O–H groups in total. The summed E-state index contributed by atoms with van der Waals surface area (Å²) in [5.41, 5.74) is 0.259. The van der Waals surface area contributed by atoms with Gasteiger partial charge in [0.15, 0.2) is 0 Å². The number of rotatable bonds is 4. The lowest BCUT2D eigenvalue weighted by Gasteiger charge is -2.34. The Balaban J connectivity index is 1.69. The van der Waals surface area contributed by atoms with Crippen LogP contribution in [-0.4, -0.2) is 24.1 Å². The zero-order chi connectivity index (χ0) is 17.1. The van der Waals surface area contributed by atoms with Gasteiger partial charge in [-0.3, -0.25) is 10.1 Å². The first-order chi connectivity index (χ1) is 11.6. The van der Waals surface area contributed by atoms with Gasteiger partial charge in [-0.2, -0.15) is 4.39 Å². The number of piperidine rings is 1. The van der Waals surface area contributed by atoms with Crippen LogP contribution in [0.2, 0.25) is 0 Å². The summed E-state index contributed by atoms with van der Waals surface area (Å²) in [6.45, 7) is 1.08. The molecule has 0 spiro atoms. The van der Waals surface area contributed by atoms with E-state index in [1.54, 1.807) is 29.2 Å². The van der Waals surface area contributed by atoms with Crippen LogP contribution in [0.3, 0.4) is 0 Å². The van der Waals surface area contributed by atoms with Crippen LogP contribution < -0.4 is 10.2 Å². The molecule has 0 bridgehead atoms. The minimum Gasteiger partial charge on any atom is -0.380 e. The van der Waals surface area contributed by atoms with Crippen LogP contribution in [-0.2, 0) is 0 Å². The minimum atomic E-state index is -0.830. The van der Waals surface area contributed by atoms with Gasteiger partial charge in [-0.25, -0.2) is 4.39 Å². The number of nitro groups is 1. The van der Waals surface area contributed by atoms with Crippen molar-refractivity contribution >= 4 is 17.1 Å². The summed E-state index contributed by atoms with van der Waals surface area (Å²) in [6.07, 6.45) is 1.37. The SMILES string of the molecule is O=[N+]([O-])c1c(F)cccc1N1CCC(Nc2ccccc2F)CC1. The van der Waals surface area contributed by atoms with Crippen molar-refractivity contribution < 1.29 is 13.7 Å². The first kappa shape index (κ1) is 16.2. The normalized spacial score (nSPS) is 15.3. The van der Waals surface area contributed by atoms with E-state index >= 15 is 0 Å². The summed E-state index contributed by atoms with van der Waals surface area (Å²) in [4.78, 5) is 12.2. The van der Waals surface area contributed by atoms with Crippen molar-refractivity contribution in [2.24, 2.45) is 0 Å². The van der Waals surface area contributed by atoms with Crippen LogP contribution >= 0.6 is 0 Å². The molecule has 1 heterocycles. The van der Waals surface area contributed by atoms with Crippen LogP contribution in [0.15, 0.2) is 42.5 Å². The Kier molecular flexibility index (Phi) is 4.59. The lowest BCUT2D eigenvalue weighted by atomic mass is 10.0. The molecular weight excluding hydrogens is 316 g/mol. The second-order valence-corrected chi connectivity index (χ2v) is 5.75. The molecule has 126 valence electrons. The van der Waals surface area contributed by atoms with Gasteiger partial charge in [-0.05, 0) is 37.1 Å². The van der Waals surface area contributed by atoms with Crippen molar-refractivity contribution in [2.75, 3.05) is 23.3 Å². The summed E-state index contributed by atoms with van der Waals surface area (Å²) in [5.74, 6) is -1.13. The predicted octanol–water partition coefficient (Wildman–Crippen LogP) is 3.95. The number of hydrogen-bond donors (Lipinski definition) is 1. The Morgan fingerprint density at radius 1 is 1.04 bits per heavy atom.